The van der Waals surface area contributed by atoms with E-state index in [0.717, 1.165) is 61.7 Å². The molecule has 2 fully saturated rings. The molecule has 3 aromatic rings. The molecule has 0 bridgehead atoms. The quantitative estimate of drug-likeness (QED) is 0.340. The Balaban J connectivity index is 1.49. The van der Waals surface area contributed by atoms with Crippen LogP contribution in [0.1, 0.15) is 49.5 Å². The van der Waals surface area contributed by atoms with Crippen LogP contribution in [0.4, 0.5) is 11.6 Å². The Bertz CT molecular complexity index is 1290. The summed E-state index contributed by atoms with van der Waals surface area (Å²) >= 11 is 0. The summed E-state index contributed by atoms with van der Waals surface area (Å²) in [7, 11) is 0. The number of carbonyl (C=O) groups is 1. The fraction of sp³-hybridized carbons (Fsp3) is 0.536. The molecule has 1 saturated heterocycles. The number of nitrogens with one attached hydrogen (secondary N) is 3. The Morgan fingerprint density at radius 2 is 1.97 bits per heavy atom. The van der Waals surface area contributed by atoms with Crippen LogP contribution in [0.15, 0.2) is 30.5 Å². The summed E-state index contributed by atoms with van der Waals surface area (Å²) < 4.78 is 7.29. The van der Waals surface area contributed by atoms with Gasteiger partial charge in [-0.2, -0.15) is 9.61 Å². The Morgan fingerprint density at radius 3 is 2.63 bits per heavy atom. The maximum Gasteiger partial charge on any atom is 0.251 e. The molecule has 5 rings (SSSR count). The average Bonchev–Trinajstić information content (AvgIpc) is 3.60. The van der Waals surface area contributed by atoms with Crippen molar-refractivity contribution in [3.05, 3.63) is 41.6 Å². The van der Waals surface area contributed by atoms with Crippen molar-refractivity contribution in [1.29, 1.82) is 0 Å². The van der Waals surface area contributed by atoms with Gasteiger partial charge in [-0.1, -0.05) is 32.9 Å². The summed E-state index contributed by atoms with van der Waals surface area (Å²) in [4.78, 5) is 19.9. The standard InChI is InChI=1S/C28H39N7O3/c1-18-13-19(5-8-21(18)27(37)31-20-6-7-20)22-15-30-35-25(29-17-34-9-11-38-12-10-34)14-24(33-26(22)35)32-23(16-36)28(2,3)4/h5,8,13-15,20,23,29,36H,6-7,9-12,16-17H2,1-4H3,(H,31,37)(H,32,33). The summed E-state index contributed by atoms with van der Waals surface area (Å²) in [5.41, 5.74) is 3.94. The number of anilines is 2. The maximum atomic E-state index is 12.6. The van der Waals surface area contributed by atoms with Crippen molar-refractivity contribution >= 4 is 23.2 Å². The second-order valence-electron chi connectivity index (χ2n) is 11.4. The third kappa shape index (κ3) is 5.92. The van der Waals surface area contributed by atoms with Crippen molar-refractivity contribution in [2.45, 2.75) is 52.6 Å². The van der Waals surface area contributed by atoms with Gasteiger partial charge in [0.25, 0.3) is 5.91 Å². The highest BCUT2D eigenvalue weighted by Crippen LogP contribution is 2.30. The first-order valence-electron chi connectivity index (χ1n) is 13.4. The van der Waals surface area contributed by atoms with E-state index in [9.17, 15) is 9.90 Å². The lowest BCUT2D eigenvalue weighted by molar-refractivity contribution is 0.0414. The predicted molar refractivity (Wildman–Crippen MR) is 148 cm³/mol. The van der Waals surface area contributed by atoms with E-state index in [1.54, 1.807) is 0 Å². The second-order valence-corrected chi connectivity index (χ2v) is 11.4. The van der Waals surface area contributed by atoms with Crippen LogP contribution in [0.5, 0.6) is 0 Å². The van der Waals surface area contributed by atoms with Gasteiger partial charge in [0.05, 0.1) is 38.7 Å². The van der Waals surface area contributed by atoms with Crippen molar-refractivity contribution in [1.82, 2.24) is 24.8 Å². The highest BCUT2D eigenvalue weighted by Gasteiger charge is 2.26. The van der Waals surface area contributed by atoms with E-state index < -0.39 is 0 Å². The molecule has 2 aliphatic rings. The molecule has 4 N–H and O–H groups in total. The molecule has 2 aromatic heterocycles. The first-order valence-corrected chi connectivity index (χ1v) is 13.4. The number of aryl methyl sites for hydroxylation is 1. The molecule has 1 aliphatic carbocycles. The largest absolute Gasteiger partial charge is 0.394 e. The van der Waals surface area contributed by atoms with E-state index in [1.165, 1.54) is 0 Å². The molecule has 38 heavy (non-hydrogen) atoms. The summed E-state index contributed by atoms with van der Waals surface area (Å²) in [5, 5.41) is 24.8. The number of aliphatic hydroxyl groups excluding tert-OH is 1. The minimum Gasteiger partial charge on any atom is -0.394 e. The number of hydrogen-bond donors (Lipinski definition) is 4. The highest BCUT2D eigenvalue weighted by molar-refractivity contribution is 5.97. The molecule has 0 radical (unpaired) electrons. The zero-order valence-corrected chi connectivity index (χ0v) is 22.8. The van der Waals surface area contributed by atoms with E-state index in [4.69, 9.17) is 9.72 Å². The van der Waals surface area contributed by atoms with Crippen molar-refractivity contribution in [2.75, 3.05) is 50.2 Å². The SMILES string of the molecule is Cc1cc(-c2cnn3c(NCN4CCOCC4)cc(NC(CO)C(C)(C)C)nc23)ccc1C(=O)NC1CC1. The van der Waals surface area contributed by atoms with Crippen LogP contribution in [0.3, 0.4) is 0 Å². The number of nitrogens with zero attached hydrogens (tertiary/aromatic N) is 4. The first-order chi connectivity index (χ1) is 18.2. The van der Waals surface area contributed by atoms with E-state index in [2.05, 4.69) is 46.7 Å². The highest BCUT2D eigenvalue weighted by atomic mass is 16.5. The summed E-state index contributed by atoms with van der Waals surface area (Å²) in [5.74, 6) is 1.45. The third-order valence-electron chi connectivity index (χ3n) is 7.30. The van der Waals surface area contributed by atoms with Crippen LogP contribution >= 0.6 is 0 Å². The number of benzene rings is 1. The number of morpholine rings is 1. The van der Waals surface area contributed by atoms with Gasteiger partial charge in [0.2, 0.25) is 0 Å². The number of hydrogen-bond acceptors (Lipinski definition) is 8. The minimum absolute atomic E-state index is 0.0113. The summed E-state index contributed by atoms with van der Waals surface area (Å²) in [6.45, 7) is 12.1. The molecule has 204 valence electrons. The maximum absolute atomic E-state index is 12.6. The van der Waals surface area contributed by atoms with E-state index in [-0.39, 0.29) is 24.0 Å². The van der Waals surface area contributed by atoms with Crippen molar-refractivity contribution in [2.24, 2.45) is 5.41 Å². The Morgan fingerprint density at radius 1 is 1.21 bits per heavy atom. The zero-order valence-electron chi connectivity index (χ0n) is 22.8. The van der Waals surface area contributed by atoms with Gasteiger partial charge < -0.3 is 25.8 Å². The van der Waals surface area contributed by atoms with Crippen LogP contribution in [-0.4, -0.2) is 82.2 Å². The number of carbonyl (C=O) groups excluding carboxylic acids is 1. The van der Waals surface area contributed by atoms with Crippen LogP contribution in [0.25, 0.3) is 16.8 Å². The number of fused-ring (bicyclic) bond motifs is 1. The van der Waals surface area contributed by atoms with Crippen LogP contribution in [0, 0.1) is 12.3 Å². The van der Waals surface area contributed by atoms with Gasteiger partial charge in [-0.05, 0) is 42.4 Å². The molecule has 10 nitrogen and oxygen atoms in total. The smallest absolute Gasteiger partial charge is 0.251 e. The lowest BCUT2D eigenvalue weighted by Crippen LogP contribution is -2.39. The normalized spacial score (nSPS) is 17.4. The molecular formula is C28H39N7O3. The minimum atomic E-state index is -0.178. The van der Waals surface area contributed by atoms with Gasteiger partial charge in [-0.15, -0.1) is 0 Å². The topological polar surface area (TPSA) is 116 Å². The van der Waals surface area contributed by atoms with E-state index in [0.29, 0.717) is 29.7 Å². The molecule has 3 heterocycles. The number of rotatable bonds is 9. The van der Waals surface area contributed by atoms with Crippen molar-refractivity contribution in [3.8, 4) is 11.1 Å². The van der Waals surface area contributed by atoms with Gasteiger partial charge >= 0.3 is 0 Å². The molecule has 1 aromatic carbocycles. The molecular weight excluding hydrogens is 482 g/mol. The van der Waals surface area contributed by atoms with Crippen LogP contribution in [0.2, 0.25) is 0 Å². The number of aliphatic hydroxyl groups is 1. The number of ether oxygens (including phenoxy) is 1. The van der Waals surface area contributed by atoms with Gasteiger partial charge in [-0.25, -0.2) is 4.98 Å². The molecule has 0 spiro atoms. The first kappa shape index (κ1) is 26.4. The number of amides is 1. The Hall–Kier alpha value is -3.21. The fourth-order valence-electron chi connectivity index (χ4n) is 4.61. The van der Waals surface area contributed by atoms with Gasteiger partial charge in [-0.3, -0.25) is 9.69 Å². The van der Waals surface area contributed by atoms with E-state index >= 15 is 0 Å². The van der Waals surface area contributed by atoms with Crippen LogP contribution < -0.4 is 16.0 Å². The Labute approximate surface area is 223 Å². The molecule has 10 heteroatoms. The van der Waals surface area contributed by atoms with Gasteiger partial charge in [0.1, 0.15) is 11.6 Å². The summed E-state index contributed by atoms with van der Waals surface area (Å²) in [6, 6.07) is 7.94. The third-order valence-corrected chi connectivity index (χ3v) is 7.30. The lowest BCUT2D eigenvalue weighted by atomic mass is 9.87. The second kappa shape index (κ2) is 10.9. The van der Waals surface area contributed by atoms with Gasteiger partial charge in [0, 0.05) is 36.3 Å². The lowest BCUT2D eigenvalue weighted by Gasteiger charge is -2.30. The average molecular weight is 522 g/mol. The molecule has 1 saturated carbocycles. The molecule has 1 aliphatic heterocycles. The summed E-state index contributed by atoms with van der Waals surface area (Å²) in [6.07, 6.45) is 3.93. The molecule has 1 amide bonds. The monoisotopic (exact) mass is 521 g/mol. The molecule has 1 unspecified atom stereocenters. The van der Waals surface area contributed by atoms with Crippen LogP contribution in [-0.2, 0) is 4.74 Å². The van der Waals surface area contributed by atoms with E-state index in [1.807, 2.05) is 41.9 Å². The molecule has 1 atom stereocenters. The number of aromatic nitrogens is 3. The van der Waals surface area contributed by atoms with Gasteiger partial charge in [0.15, 0.2) is 5.65 Å². The zero-order chi connectivity index (χ0) is 26.9. The fourth-order valence-corrected chi connectivity index (χ4v) is 4.61. The van der Waals surface area contributed by atoms with Crippen molar-refractivity contribution < 1.29 is 14.6 Å². The Kier molecular flexibility index (Phi) is 7.56. The predicted octanol–water partition coefficient (Wildman–Crippen LogP) is 3.12. The van der Waals surface area contributed by atoms with Crippen molar-refractivity contribution in [3.63, 3.8) is 0 Å².